The Kier molecular flexibility index (Phi) is 11.2. The van der Waals surface area contributed by atoms with E-state index < -0.39 is 34.1 Å². The first-order valence-corrected chi connectivity index (χ1v) is 16.8. The van der Waals surface area contributed by atoms with Crippen LogP contribution >= 0.6 is 0 Å². The van der Waals surface area contributed by atoms with E-state index in [1.807, 2.05) is 89.2 Å². The highest BCUT2D eigenvalue weighted by atomic mass is 32.2. The summed E-state index contributed by atoms with van der Waals surface area (Å²) in [5.41, 5.74) is 2.53. The number of nitrogens with one attached hydrogen (secondary N) is 1. The summed E-state index contributed by atoms with van der Waals surface area (Å²) in [6.45, 7) is 9.53. The Balaban J connectivity index is 1.78. The van der Waals surface area contributed by atoms with E-state index in [2.05, 4.69) is 5.32 Å². The normalized spacial score (nSPS) is 12.2. The molecule has 0 aliphatic heterocycles. The highest BCUT2D eigenvalue weighted by Crippen LogP contribution is 2.26. The number of rotatable bonds is 13. The summed E-state index contributed by atoms with van der Waals surface area (Å²) in [6.07, 6.45) is 0.247. The van der Waals surface area contributed by atoms with E-state index in [1.165, 1.54) is 17.0 Å². The van der Waals surface area contributed by atoms with Crippen LogP contribution < -0.4 is 14.4 Å². The summed E-state index contributed by atoms with van der Waals surface area (Å²) in [5, 5.41) is 3.05. The number of anilines is 1. The molecule has 0 aromatic heterocycles. The van der Waals surface area contributed by atoms with E-state index in [9.17, 15) is 18.0 Å². The molecule has 4 aromatic rings. The molecule has 0 saturated heterocycles. The third-order valence-corrected chi connectivity index (χ3v) is 9.08. The van der Waals surface area contributed by atoms with Crippen molar-refractivity contribution in [3.63, 3.8) is 0 Å². The van der Waals surface area contributed by atoms with Gasteiger partial charge >= 0.3 is 0 Å². The van der Waals surface area contributed by atoms with Crippen LogP contribution in [0.25, 0.3) is 0 Å². The lowest BCUT2D eigenvalue weighted by molar-refractivity contribution is -0.140. The Morgan fingerprint density at radius 1 is 0.804 bits per heavy atom. The molecule has 0 heterocycles. The van der Waals surface area contributed by atoms with Crippen molar-refractivity contribution in [3.8, 4) is 5.75 Å². The third-order valence-electron chi connectivity index (χ3n) is 7.29. The quantitative estimate of drug-likeness (QED) is 0.189. The van der Waals surface area contributed by atoms with Crippen LogP contribution in [-0.4, -0.2) is 49.9 Å². The molecule has 0 radical (unpaired) electrons. The second-order valence-corrected chi connectivity index (χ2v) is 14.1. The van der Waals surface area contributed by atoms with E-state index in [0.29, 0.717) is 18.0 Å². The SMILES string of the molecule is CCOc1ccc(S(=O)(=O)N(CC(=O)N(Cc2ccc(C)cc2)C(Cc2ccccc2)C(=O)NC(C)(C)C)c2ccccc2)cc1. The van der Waals surface area contributed by atoms with Crippen LogP contribution in [0.5, 0.6) is 5.75 Å². The Bertz CT molecular complexity index is 1690. The number of sulfonamides is 1. The first-order chi connectivity index (χ1) is 21.9. The number of benzene rings is 4. The molecule has 46 heavy (non-hydrogen) atoms. The van der Waals surface area contributed by atoms with E-state index >= 15 is 0 Å². The number of amides is 2. The van der Waals surface area contributed by atoms with E-state index in [4.69, 9.17) is 4.74 Å². The maximum absolute atomic E-state index is 14.5. The molecular weight excluding hydrogens is 598 g/mol. The highest BCUT2D eigenvalue weighted by Gasteiger charge is 2.35. The molecule has 1 unspecified atom stereocenters. The van der Waals surface area contributed by atoms with Gasteiger partial charge in [-0.1, -0.05) is 78.4 Å². The van der Waals surface area contributed by atoms with Crippen molar-refractivity contribution >= 4 is 27.5 Å². The van der Waals surface area contributed by atoms with Crippen LogP contribution in [0.15, 0.2) is 114 Å². The van der Waals surface area contributed by atoms with Gasteiger partial charge in [0, 0.05) is 18.5 Å². The minimum Gasteiger partial charge on any atom is -0.494 e. The van der Waals surface area contributed by atoms with Crippen LogP contribution in [0.4, 0.5) is 5.69 Å². The molecule has 2 amide bonds. The Labute approximate surface area is 273 Å². The summed E-state index contributed by atoms with van der Waals surface area (Å²) in [7, 11) is -4.20. The van der Waals surface area contributed by atoms with Crippen molar-refractivity contribution in [2.45, 2.75) is 64.1 Å². The molecule has 242 valence electrons. The topological polar surface area (TPSA) is 96.0 Å². The molecule has 1 N–H and O–H groups in total. The van der Waals surface area contributed by atoms with Gasteiger partial charge in [0.1, 0.15) is 18.3 Å². The molecule has 0 aliphatic rings. The van der Waals surface area contributed by atoms with Gasteiger partial charge in [-0.25, -0.2) is 8.42 Å². The first-order valence-electron chi connectivity index (χ1n) is 15.4. The van der Waals surface area contributed by atoms with Gasteiger partial charge in [0.15, 0.2) is 0 Å². The van der Waals surface area contributed by atoms with Crippen molar-refractivity contribution in [3.05, 3.63) is 126 Å². The van der Waals surface area contributed by atoms with Crippen molar-refractivity contribution in [1.82, 2.24) is 10.2 Å². The summed E-state index contributed by atoms with van der Waals surface area (Å²) < 4.78 is 35.0. The van der Waals surface area contributed by atoms with E-state index in [1.54, 1.807) is 42.5 Å². The molecule has 0 aliphatic carbocycles. The van der Waals surface area contributed by atoms with Crippen LogP contribution in [0, 0.1) is 6.92 Å². The number of hydrogen-bond donors (Lipinski definition) is 1. The number of ether oxygens (including phenoxy) is 1. The van der Waals surface area contributed by atoms with Gasteiger partial charge in [0.2, 0.25) is 11.8 Å². The number of carbonyl (C=O) groups excluding carboxylic acids is 2. The molecule has 0 spiro atoms. The van der Waals surface area contributed by atoms with Gasteiger partial charge in [-0.3, -0.25) is 13.9 Å². The number of hydrogen-bond acceptors (Lipinski definition) is 5. The fraction of sp³-hybridized carbons (Fsp3) is 0.297. The summed E-state index contributed by atoms with van der Waals surface area (Å²) in [5.74, 6) is -0.289. The Morgan fingerprint density at radius 2 is 1.39 bits per heavy atom. The number of para-hydroxylation sites is 1. The van der Waals surface area contributed by atoms with Gasteiger partial charge in [-0.15, -0.1) is 0 Å². The maximum Gasteiger partial charge on any atom is 0.264 e. The van der Waals surface area contributed by atoms with Gasteiger partial charge in [-0.05, 0) is 82.1 Å². The van der Waals surface area contributed by atoms with Crippen LogP contribution in [0.1, 0.15) is 44.4 Å². The second kappa shape index (κ2) is 15.1. The lowest BCUT2D eigenvalue weighted by Gasteiger charge is -2.35. The lowest BCUT2D eigenvalue weighted by atomic mass is 10.0. The van der Waals surface area contributed by atoms with Gasteiger partial charge < -0.3 is 15.0 Å². The fourth-order valence-corrected chi connectivity index (χ4v) is 6.44. The van der Waals surface area contributed by atoms with Crippen molar-refractivity contribution in [2.24, 2.45) is 0 Å². The molecule has 4 aromatic carbocycles. The molecule has 0 bridgehead atoms. The predicted molar refractivity (Wildman–Crippen MR) is 182 cm³/mol. The first kappa shape index (κ1) is 34.2. The van der Waals surface area contributed by atoms with Crippen LogP contribution in [0.3, 0.4) is 0 Å². The molecule has 9 heteroatoms. The zero-order valence-corrected chi connectivity index (χ0v) is 28.0. The van der Waals surface area contributed by atoms with Crippen LogP contribution in [-0.2, 0) is 32.6 Å². The molecule has 1 atom stereocenters. The summed E-state index contributed by atoms with van der Waals surface area (Å²) >= 11 is 0. The van der Waals surface area contributed by atoms with Gasteiger partial charge in [0.05, 0.1) is 17.2 Å². The maximum atomic E-state index is 14.5. The highest BCUT2D eigenvalue weighted by molar-refractivity contribution is 7.92. The molecule has 8 nitrogen and oxygen atoms in total. The van der Waals surface area contributed by atoms with Crippen molar-refractivity contribution in [2.75, 3.05) is 17.5 Å². The standard InChI is InChI=1S/C37H43N3O5S/c1-6-45-32-21-23-33(24-22-32)46(43,44)40(31-15-11-8-12-16-31)27-35(41)39(26-30-19-17-28(2)18-20-30)34(36(42)38-37(3,4)5)25-29-13-9-7-10-14-29/h7-24,34H,6,25-27H2,1-5H3,(H,38,42). The smallest absolute Gasteiger partial charge is 0.264 e. The van der Waals surface area contributed by atoms with Gasteiger partial charge in [0.25, 0.3) is 10.0 Å². The predicted octanol–water partition coefficient (Wildman–Crippen LogP) is 6.14. The average Bonchev–Trinajstić information content (AvgIpc) is 3.03. The summed E-state index contributed by atoms with van der Waals surface area (Å²) in [4.78, 5) is 30.0. The van der Waals surface area contributed by atoms with Crippen LogP contribution in [0.2, 0.25) is 0 Å². The summed E-state index contributed by atoms with van der Waals surface area (Å²) in [6, 6.07) is 31.0. The zero-order chi connectivity index (χ0) is 33.3. The molecule has 0 saturated carbocycles. The van der Waals surface area contributed by atoms with Gasteiger partial charge in [-0.2, -0.15) is 0 Å². The monoisotopic (exact) mass is 641 g/mol. The van der Waals surface area contributed by atoms with Crippen molar-refractivity contribution < 1.29 is 22.7 Å². The third kappa shape index (κ3) is 9.20. The average molecular weight is 642 g/mol. The number of aryl methyl sites for hydroxylation is 1. The zero-order valence-electron chi connectivity index (χ0n) is 27.1. The minimum atomic E-state index is -4.20. The molecule has 4 rings (SSSR count). The Hall–Kier alpha value is -4.63. The van der Waals surface area contributed by atoms with Crippen molar-refractivity contribution in [1.29, 1.82) is 0 Å². The van der Waals surface area contributed by atoms with E-state index in [-0.39, 0.29) is 23.8 Å². The fourth-order valence-electron chi connectivity index (χ4n) is 5.02. The largest absolute Gasteiger partial charge is 0.494 e. The Morgan fingerprint density at radius 3 is 1.96 bits per heavy atom. The molecular formula is C37H43N3O5S. The molecule has 0 fully saturated rings. The second-order valence-electron chi connectivity index (χ2n) is 12.2. The minimum absolute atomic E-state index is 0.0176. The van der Waals surface area contributed by atoms with E-state index in [0.717, 1.165) is 21.0 Å². The lowest BCUT2D eigenvalue weighted by Crippen LogP contribution is -2.56. The number of nitrogens with zero attached hydrogens (tertiary/aromatic N) is 2. The number of carbonyl (C=O) groups is 2.